The predicted octanol–water partition coefficient (Wildman–Crippen LogP) is 4.82. The van der Waals surface area contributed by atoms with Crippen LogP contribution in [-0.2, 0) is 30.7 Å². The van der Waals surface area contributed by atoms with Gasteiger partial charge in [0.15, 0.2) is 0 Å². The maximum Gasteiger partial charge on any atom is 0.573 e. The minimum absolute atomic E-state index is 0.0198. The molecule has 3 heterocycles. The third-order valence-electron chi connectivity index (χ3n) is 6.72. The van der Waals surface area contributed by atoms with E-state index in [0.29, 0.717) is 31.6 Å². The van der Waals surface area contributed by atoms with Gasteiger partial charge in [0.05, 0.1) is 20.1 Å². The molecule has 5 rings (SSSR count). The molecule has 1 N–H and O–H groups in total. The summed E-state index contributed by atoms with van der Waals surface area (Å²) in [5.74, 6) is -1.35. The number of aromatic carboxylic acids is 1. The van der Waals surface area contributed by atoms with Gasteiger partial charge in [0.1, 0.15) is 22.7 Å². The number of methoxy groups -OCH3 is 1. The summed E-state index contributed by atoms with van der Waals surface area (Å²) in [5, 5.41) is 10.3. The van der Waals surface area contributed by atoms with Crippen molar-refractivity contribution in [1.82, 2.24) is 14.5 Å². The summed E-state index contributed by atoms with van der Waals surface area (Å²) < 4.78 is 48.8. The third-order valence-corrected chi connectivity index (χ3v) is 6.72. The van der Waals surface area contributed by atoms with E-state index in [1.807, 2.05) is 16.7 Å². The smallest absolute Gasteiger partial charge is 0.496 e. The highest BCUT2D eigenvalue weighted by Crippen LogP contribution is 2.31. The zero-order chi connectivity index (χ0) is 27.7. The van der Waals surface area contributed by atoms with Crippen LogP contribution < -0.4 is 9.47 Å². The fourth-order valence-corrected chi connectivity index (χ4v) is 4.93. The van der Waals surface area contributed by atoms with Crippen molar-refractivity contribution in [3.8, 4) is 11.5 Å². The molecule has 1 aliphatic heterocycles. The lowest BCUT2D eigenvalue weighted by Gasteiger charge is -2.29. The third kappa shape index (κ3) is 5.52. The highest BCUT2D eigenvalue weighted by molar-refractivity contribution is 5.91. The van der Waals surface area contributed by atoms with Gasteiger partial charge in [-0.3, -0.25) is 4.79 Å². The number of carbonyl (C=O) groups is 2. The molecular formula is C28H24F3N3O5. The molecule has 0 radical (unpaired) electrons. The van der Waals surface area contributed by atoms with Crippen molar-refractivity contribution in [2.75, 3.05) is 13.7 Å². The number of ether oxygens (including phenoxy) is 2. The zero-order valence-electron chi connectivity index (χ0n) is 20.9. The summed E-state index contributed by atoms with van der Waals surface area (Å²) in [4.78, 5) is 30.9. The lowest BCUT2D eigenvalue weighted by Crippen LogP contribution is -2.37. The molecule has 8 nitrogen and oxygen atoms in total. The fraction of sp³-hybridized carbons (Fsp3) is 0.250. The van der Waals surface area contributed by atoms with Gasteiger partial charge in [-0.25, -0.2) is 9.78 Å². The first kappa shape index (κ1) is 26.1. The molecule has 0 spiro atoms. The number of benzene rings is 2. The standard InChI is InChI=1S/C28H24F3N3O5/c1-38-24-13-18(6-9-22(24)27(36)37)14-25(35)33-12-10-20-21-3-2-11-32-26(21)34(23(20)16-33)15-17-4-7-19(8-5-17)39-28(29,30)31/h2-9,11,13H,10,12,14-16H2,1H3,(H,36,37). The normalized spacial score (nSPS) is 13.3. The van der Waals surface area contributed by atoms with Gasteiger partial charge in [0, 0.05) is 30.4 Å². The molecule has 0 saturated carbocycles. The number of hydrogen-bond donors (Lipinski definition) is 1. The summed E-state index contributed by atoms with van der Waals surface area (Å²) in [6.07, 6.45) is -2.39. The van der Waals surface area contributed by atoms with Gasteiger partial charge in [-0.05, 0) is 59.5 Å². The Labute approximate surface area is 221 Å². The van der Waals surface area contributed by atoms with Crippen LogP contribution in [-0.4, -0.2) is 51.5 Å². The van der Waals surface area contributed by atoms with Gasteiger partial charge >= 0.3 is 12.3 Å². The average Bonchev–Trinajstić information content (AvgIpc) is 3.21. The minimum Gasteiger partial charge on any atom is -0.496 e. The molecule has 0 atom stereocenters. The predicted molar refractivity (Wildman–Crippen MR) is 135 cm³/mol. The first-order chi connectivity index (χ1) is 18.6. The Morgan fingerprint density at radius 2 is 1.82 bits per heavy atom. The highest BCUT2D eigenvalue weighted by atomic mass is 19.4. The lowest BCUT2D eigenvalue weighted by atomic mass is 10.0. The number of aromatic nitrogens is 2. The van der Waals surface area contributed by atoms with E-state index in [1.54, 1.807) is 35.4 Å². The second-order valence-corrected chi connectivity index (χ2v) is 9.16. The van der Waals surface area contributed by atoms with Crippen LogP contribution in [0.3, 0.4) is 0 Å². The molecule has 0 bridgehead atoms. The van der Waals surface area contributed by atoms with Crippen molar-refractivity contribution in [1.29, 1.82) is 0 Å². The molecule has 2 aromatic carbocycles. The zero-order valence-corrected chi connectivity index (χ0v) is 20.9. The Balaban J connectivity index is 1.39. The number of nitrogens with zero attached hydrogens (tertiary/aromatic N) is 3. The Morgan fingerprint density at radius 1 is 1.08 bits per heavy atom. The van der Waals surface area contributed by atoms with E-state index in [4.69, 9.17) is 4.74 Å². The topological polar surface area (TPSA) is 93.9 Å². The number of hydrogen-bond acceptors (Lipinski definition) is 5. The van der Waals surface area contributed by atoms with Crippen LogP contribution in [0.25, 0.3) is 11.0 Å². The number of rotatable bonds is 7. The van der Waals surface area contributed by atoms with Crippen LogP contribution in [0.15, 0.2) is 60.8 Å². The molecule has 0 fully saturated rings. The molecule has 2 aromatic heterocycles. The van der Waals surface area contributed by atoms with Gasteiger partial charge in [-0.1, -0.05) is 18.2 Å². The van der Waals surface area contributed by atoms with Crippen LogP contribution in [0.1, 0.15) is 32.7 Å². The summed E-state index contributed by atoms with van der Waals surface area (Å²) in [6.45, 7) is 1.20. The summed E-state index contributed by atoms with van der Waals surface area (Å²) >= 11 is 0. The van der Waals surface area contributed by atoms with Crippen LogP contribution in [0.5, 0.6) is 11.5 Å². The Kier molecular flexibility index (Phi) is 6.90. The van der Waals surface area contributed by atoms with Crippen LogP contribution >= 0.6 is 0 Å². The maximum atomic E-state index is 13.3. The molecule has 202 valence electrons. The first-order valence-electron chi connectivity index (χ1n) is 12.1. The molecule has 4 aromatic rings. The van der Waals surface area contributed by atoms with Crippen molar-refractivity contribution in [3.05, 3.63) is 88.7 Å². The van der Waals surface area contributed by atoms with Gasteiger partial charge in [0.2, 0.25) is 5.91 Å². The fourth-order valence-electron chi connectivity index (χ4n) is 4.93. The van der Waals surface area contributed by atoms with E-state index < -0.39 is 12.3 Å². The summed E-state index contributed by atoms with van der Waals surface area (Å²) in [6, 6.07) is 14.1. The molecule has 1 amide bonds. The molecule has 0 unspecified atom stereocenters. The quantitative estimate of drug-likeness (QED) is 0.362. The number of amides is 1. The average molecular weight is 540 g/mol. The van der Waals surface area contributed by atoms with E-state index in [9.17, 15) is 27.9 Å². The molecular weight excluding hydrogens is 515 g/mol. The van der Waals surface area contributed by atoms with E-state index in [-0.39, 0.29) is 29.4 Å². The molecule has 39 heavy (non-hydrogen) atoms. The minimum atomic E-state index is -4.76. The van der Waals surface area contributed by atoms with Crippen LogP contribution in [0, 0.1) is 0 Å². The van der Waals surface area contributed by atoms with E-state index in [0.717, 1.165) is 27.9 Å². The van der Waals surface area contributed by atoms with E-state index in [1.165, 1.54) is 25.3 Å². The Bertz CT molecular complexity index is 1550. The second kappa shape index (κ2) is 10.3. The van der Waals surface area contributed by atoms with E-state index >= 15 is 0 Å². The highest BCUT2D eigenvalue weighted by Gasteiger charge is 2.31. The van der Waals surface area contributed by atoms with Gasteiger partial charge in [-0.2, -0.15) is 0 Å². The lowest BCUT2D eigenvalue weighted by molar-refractivity contribution is -0.274. The molecule has 11 heteroatoms. The first-order valence-corrected chi connectivity index (χ1v) is 12.1. The van der Waals surface area contributed by atoms with Crippen LogP contribution in [0.4, 0.5) is 13.2 Å². The maximum absolute atomic E-state index is 13.3. The second-order valence-electron chi connectivity index (χ2n) is 9.16. The SMILES string of the molecule is COc1cc(CC(=O)N2CCc3c(n(Cc4ccc(OC(F)(F)F)cc4)c4ncccc34)C2)ccc1C(=O)O. The molecule has 1 aliphatic rings. The van der Waals surface area contributed by atoms with Crippen molar-refractivity contribution in [2.24, 2.45) is 0 Å². The number of alkyl halides is 3. The summed E-state index contributed by atoms with van der Waals surface area (Å²) in [5.41, 5.74) is 4.15. The number of pyridine rings is 1. The van der Waals surface area contributed by atoms with Crippen molar-refractivity contribution in [2.45, 2.75) is 32.3 Å². The largest absolute Gasteiger partial charge is 0.573 e. The Hall–Kier alpha value is -4.54. The number of carboxylic acid groups (broad SMARTS) is 1. The van der Waals surface area contributed by atoms with Gasteiger partial charge < -0.3 is 24.0 Å². The number of halogens is 3. The van der Waals surface area contributed by atoms with Gasteiger partial charge in [-0.15, -0.1) is 13.2 Å². The monoisotopic (exact) mass is 539 g/mol. The number of fused-ring (bicyclic) bond motifs is 3. The number of carbonyl (C=O) groups excluding carboxylic acids is 1. The van der Waals surface area contributed by atoms with Crippen molar-refractivity contribution >= 4 is 22.9 Å². The Morgan fingerprint density at radius 3 is 2.51 bits per heavy atom. The number of carboxylic acids is 1. The molecule has 0 saturated heterocycles. The van der Waals surface area contributed by atoms with Crippen molar-refractivity contribution < 1.29 is 37.3 Å². The van der Waals surface area contributed by atoms with Crippen molar-refractivity contribution in [3.63, 3.8) is 0 Å². The van der Waals surface area contributed by atoms with Crippen LogP contribution in [0.2, 0.25) is 0 Å². The van der Waals surface area contributed by atoms with Gasteiger partial charge in [0.25, 0.3) is 0 Å². The van der Waals surface area contributed by atoms with E-state index in [2.05, 4.69) is 9.72 Å². The summed E-state index contributed by atoms with van der Waals surface area (Å²) in [7, 11) is 1.38. The molecule has 0 aliphatic carbocycles.